The summed E-state index contributed by atoms with van der Waals surface area (Å²) < 4.78 is 4.24. The van der Waals surface area contributed by atoms with E-state index in [9.17, 15) is 0 Å². The topological polar surface area (TPSA) is 38.9 Å². The third kappa shape index (κ3) is 0.838. The molecule has 1 aromatic heterocycles. The van der Waals surface area contributed by atoms with Gasteiger partial charge >= 0.3 is 0 Å². The molecule has 5 heteroatoms. The molecular weight excluding hydrogens is 139 g/mol. The van der Waals surface area contributed by atoms with E-state index in [1.165, 1.54) is 0 Å². The second-order valence-corrected chi connectivity index (χ2v) is 1.54. The van der Waals surface area contributed by atoms with Gasteiger partial charge in [-0.15, -0.1) is 0 Å². The largest absolute Gasteiger partial charge is 0.323 e. The Morgan fingerprint density at radius 3 is 2.29 bits per heavy atom. The van der Waals surface area contributed by atoms with E-state index in [4.69, 9.17) is 23.2 Å². The third-order valence-corrected chi connectivity index (χ3v) is 1.00. The van der Waals surface area contributed by atoms with E-state index < -0.39 is 0 Å². The van der Waals surface area contributed by atoms with E-state index in [-0.39, 0.29) is 10.4 Å². The molecule has 0 aliphatic heterocycles. The average molecular weight is 139 g/mol. The van der Waals surface area contributed by atoms with E-state index >= 15 is 0 Å². The van der Waals surface area contributed by atoms with Crippen molar-refractivity contribution in [2.45, 2.75) is 0 Å². The van der Waals surface area contributed by atoms with Gasteiger partial charge in [0.25, 0.3) is 5.22 Å². The lowest BCUT2D eigenvalue weighted by Gasteiger charge is -1.66. The van der Waals surface area contributed by atoms with Crippen molar-refractivity contribution in [3.05, 3.63) is 10.4 Å². The van der Waals surface area contributed by atoms with Crippen LogP contribution in [0.1, 0.15) is 0 Å². The Hall–Kier alpha value is -0.280. The normalized spacial score (nSPS) is 9.43. The second-order valence-electron chi connectivity index (χ2n) is 0.837. The molecule has 0 radical (unpaired) electrons. The molecule has 0 unspecified atom stereocenters. The first kappa shape index (κ1) is 4.87. The fraction of sp³-hybridized carbons (Fsp3) is 0. The fourth-order valence-electron chi connectivity index (χ4n) is 0.169. The lowest BCUT2D eigenvalue weighted by atomic mass is 11.0. The Balaban J connectivity index is 3.12. The summed E-state index contributed by atoms with van der Waals surface area (Å²) in [6.45, 7) is 0. The third-order valence-electron chi connectivity index (χ3n) is 0.412. The standard InChI is InChI=1S/C2Cl2N2O/c3-1-2(4)7-6-5-1. The maximum absolute atomic E-state index is 5.22. The predicted octanol–water partition coefficient (Wildman–Crippen LogP) is 1.38. The minimum atomic E-state index is 0.0293. The van der Waals surface area contributed by atoms with Crippen molar-refractivity contribution in [3.63, 3.8) is 0 Å². The molecule has 0 N–H and O–H groups in total. The van der Waals surface area contributed by atoms with Crippen LogP contribution in [0.25, 0.3) is 0 Å². The minimum absolute atomic E-state index is 0.0293. The molecule has 1 aromatic rings. The number of halogens is 2. The zero-order valence-electron chi connectivity index (χ0n) is 3.06. The molecule has 0 amide bonds. The fourth-order valence-corrected chi connectivity index (χ4v) is 0.303. The van der Waals surface area contributed by atoms with Crippen molar-refractivity contribution in [1.29, 1.82) is 0 Å². The molecular formula is C2Cl2N2O. The Kier molecular flexibility index (Phi) is 1.17. The van der Waals surface area contributed by atoms with Crippen molar-refractivity contribution in [3.8, 4) is 0 Å². The van der Waals surface area contributed by atoms with E-state index in [1.54, 1.807) is 0 Å². The van der Waals surface area contributed by atoms with Crippen molar-refractivity contribution in [2.75, 3.05) is 0 Å². The molecule has 0 aliphatic rings. The van der Waals surface area contributed by atoms with Gasteiger partial charge in [-0.25, -0.2) is 0 Å². The van der Waals surface area contributed by atoms with Crippen molar-refractivity contribution >= 4 is 23.2 Å². The highest BCUT2D eigenvalue weighted by Gasteiger charge is 1.99. The van der Waals surface area contributed by atoms with Gasteiger partial charge in [0.1, 0.15) is 0 Å². The maximum atomic E-state index is 5.22. The highest BCUT2D eigenvalue weighted by atomic mass is 35.5. The number of rotatable bonds is 0. The smallest absolute Gasteiger partial charge is 0.265 e. The monoisotopic (exact) mass is 138 g/mol. The molecule has 0 aliphatic carbocycles. The lowest BCUT2D eigenvalue weighted by Crippen LogP contribution is -1.59. The van der Waals surface area contributed by atoms with E-state index in [0.717, 1.165) is 0 Å². The van der Waals surface area contributed by atoms with Crippen LogP contribution >= 0.6 is 23.2 Å². The summed E-state index contributed by atoms with van der Waals surface area (Å²) in [6.07, 6.45) is 0. The molecule has 0 saturated heterocycles. The van der Waals surface area contributed by atoms with Crippen LogP contribution in [0.15, 0.2) is 4.52 Å². The molecule has 1 rings (SSSR count). The van der Waals surface area contributed by atoms with Gasteiger partial charge in [-0.05, 0) is 11.6 Å². The summed E-state index contributed by atoms with van der Waals surface area (Å²) in [4.78, 5) is 0. The van der Waals surface area contributed by atoms with Gasteiger partial charge in [-0.3, -0.25) is 0 Å². The predicted molar refractivity (Wildman–Crippen MR) is 24.3 cm³/mol. The number of hydrogen-bond acceptors (Lipinski definition) is 3. The van der Waals surface area contributed by atoms with Gasteiger partial charge < -0.3 is 4.52 Å². The zero-order chi connectivity index (χ0) is 5.28. The van der Waals surface area contributed by atoms with Gasteiger partial charge in [0.15, 0.2) is 0 Å². The number of nitrogens with zero attached hydrogens (tertiary/aromatic N) is 2. The van der Waals surface area contributed by atoms with Crippen molar-refractivity contribution < 1.29 is 4.52 Å². The lowest BCUT2D eigenvalue weighted by molar-refractivity contribution is 0.394. The maximum Gasteiger partial charge on any atom is 0.265 e. The summed E-state index contributed by atoms with van der Waals surface area (Å²) in [5.41, 5.74) is 0. The number of hydrogen-bond donors (Lipinski definition) is 0. The van der Waals surface area contributed by atoms with Gasteiger partial charge in [0.2, 0.25) is 5.15 Å². The summed E-state index contributed by atoms with van der Waals surface area (Å²) in [6, 6.07) is 0. The van der Waals surface area contributed by atoms with Gasteiger partial charge in [-0.1, -0.05) is 16.7 Å². The van der Waals surface area contributed by atoms with E-state index in [2.05, 4.69) is 14.9 Å². The van der Waals surface area contributed by atoms with Crippen molar-refractivity contribution in [2.24, 2.45) is 0 Å². The SMILES string of the molecule is Clc1nnoc1Cl. The van der Waals surface area contributed by atoms with Crippen LogP contribution in [-0.2, 0) is 0 Å². The molecule has 7 heavy (non-hydrogen) atoms. The first-order valence-corrected chi connectivity index (χ1v) is 2.19. The first-order chi connectivity index (χ1) is 3.30. The molecule has 0 aromatic carbocycles. The molecule has 38 valence electrons. The van der Waals surface area contributed by atoms with E-state index in [0.29, 0.717) is 0 Å². The average Bonchev–Trinajstić information content (AvgIpc) is 1.91. The minimum Gasteiger partial charge on any atom is -0.323 e. The molecule has 3 nitrogen and oxygen atoms in total. The number of aromatic nitrogens is 2. The zero-order valence-corrected chi connectivity index (χ0v) is 4.57. The second kappa shape index (κ2) is 1.68. The highest BCUT2D eigenvalue weighted by molar-refractivity contribution is 6.39. The van der Waals surface area contributed by atoms with Crippen LogP contribution < -0.4 is 0 Å². The summed E-state index contributed by atoms with van der Waals surface area (Å²) >= 11 is 10.4. The molecule has 0 spiro atoms. The van der Waals surface area contributed by atoms with Gasteiger partial charge in [-0.2, -0.15) is 0 Å². The summed E-state index contributed by atoms with van der Waals surface area (Å²) in [5, 5.41) is 6.39. The first-order valence-electron chi connectivity index (χ1n) is 1.44. The van der Waals surface area contributed by atoms with Crippen LogP contribution in [0.2, 0.25) is 10.4 Å². The van der Waals surface area contributed by atoms with Crippen LogP contribution in [0.3, 0.4) is 0 Å². The Morgan fingerprint density at radius 1 is 1.43 bits per heavy atom. The van der Waals surface area contributed by atoms with Crippen LogP contribution in [-0.4, -0.2) is 10.4 Å². The van der Waals surface area contributed by atoms with Crippen LogP contribution in [0.5, 0.6) is 0 Å². The molecule has 1 heterocycles. The highest BCUT2D eigenvalue weighted by Crippen LogP contribution is 2.15. The molecule has 0 bridgehead atoms. The molecule has 0 saturated carbocycles. The van der Waals surface area contributed by atoms with Gasteiger partial charge in [0, 0.05) is 5.27 Å². The summed E-state index contributed by atoms with van der Waals surface area (Å²) in [5.74, 6) is 0. The quantitative estimate of drug-likeness (QED) is 0.544. The molecule has 0 atom stereocenters. The summed E-state index contributed by atoms with van der Waals surface area (Å²) in [7, 11) is 0. The van der Waals surface area contributed by atoms with Crippen molar-refractivity contribution in [1.82, 2.24) is 10.4 Å². The molecule has 0 fully saturated rings. The van der Waals surface area contributed by atoms with Crippen LogP contribution in [0.4, 0.5) is 0 Å². The van der Waals surface area contributed by atoms with Gasteiger partial charge in [0.05, 0.1) is 0 Å². The van der Waals surface area contributed by atoms with Crippen LogP contribution in [0, 0.1) is 0 Å². The Morgan fingerprint density at radius 2 is 2.14 bits per heavy atom. The van der Waals surface area contributed by atoms with E-state index in [1.807, 2.05) is 0 Å². The Bertz CT molecular complexity index is 146. The Labute approximate surface area is 49.2 Å².